The van der Waals surface area contributed by atoms with Crippen LogP contribution in [0.3, 0.4) is 0 Å². The van der Waals surface area contributed by atoms with Gasteiger partial charge in [-0.25, -0.2) is 0 Å². The number of anilines is 3. The smallest absolute Gasteiger partial charge is 0.182 e. The Morgan fingerprint density at radius 2 is 1.33 bits per heavy atom. The molecular weight excluding hydrogens is 731 g/mol. The normalized spacial score (nSPS) is 16.7. The Kier molecular flexibility index (Phi) is 10.4. The van der Waals surface area contributed by atoms with Crippen molar-refractivity contribution >= 4 is 49.4 Å². The van der Waals surface area contributed by atoms with Crippen molar-refractivity contribution in [1.29, 1.82) is 0 Å². The van der Waals surface area contributed by atoms with E-state index in [1.807, 2.05) is 6.92 Å². The van der Waals surface area contributed by atoms with Gasteiger partial charge in [-0.2, -0.15) is 0 Å². The minimum Gasteiger partial charge on any atom is -0.504 e. The zero-order chi connectivity index (χ0) is 41.2. The molecule has 3 nitrogen and oxygen atoms in total. The Morgan fingerprint density at radius 1 is 0.667 bits per heavy atom. The van der Waals surface area contributed by atoms with Crippen LogP contribution in [0.4, 0.5) is 17.1 Å². The fourth-order valence-corrected chi connectivity index (χ4v) is 9.77. The molecule has 1 unspecified atom stereocenters. The van der Waals surface area contributed by atoms with E-state index in [2.05, 4.69) is 213 Å². The van der Waals surface area contributed by atoms with Gasteiger partial charge in [0.1, 0.15) is 0 Å². The molecule has 0 saturated carbocycles. The molecule has 0 aromatic heterocycles. The molecule has 8 aromatic rings. The lowest BCUT2D eigenvalue weighted by atomic mass is 9.63. The van der Waals surface area contributed by atoms with Crippen LogP contribution in [0.1, 0.15) is 48.9 Å². The molecule has 294 valence electrons. The van der Waals surface area contributed by atoms with Crippen LogP contribution in [0.5, 0.6) is 11.5 Å². The molecule has 0 bridgehead atoms. The molecule has 3 heteroatoms. The highest BCUT2D eigenvalue weighted by atomic mass is 16.3. The quantitative estimate of drug-likeness (QED) is 0.0917. The molecule has 0 fully saturated rings. The minimum atomic E-state index is -0.673. The van der Waals surface area contributed by atoms with Gasteiger partial charge in [-0.05, 0) is 112 Å². The number of hydrogen-bond acceptors (Lipinski definition) is 3. The zero-order valence-corrected chi connectivity index (χ0v) is 34.4. The van der Waals surface area contributed by atoms with Crippen LogP contribution in [0, 0.1) is 6.92 Å². The highest BCUT2D eigenvalue weighted by Crippen LogP contribution is 2.57. The van der Waals surface area contributed by atoms with Crippen LogP contribution in [0.15, 0.2) is 200 Å². The molecule has 0 spiro atoms. The van der Waals surface area contributed by atoms with E-state index in [4.69, 9.17) is 0 Å². The van der Waals surface area contributed by atoms with Gasteiger partial charge in [0.05, 0.1) is 11.4 Å². The predicted molar refractivity (Wildman–Crippen MR) is 254 cm³/mol. The lowest BCUT2D eigenvalue weighted by Gasteiger charge is -2.41. The lowest BCUT2D eigenvalue weighted by Crippen LogP contribution is -2.33. The maximum atomic E-state index is 12.7. The van der Waals surface area contributed by atoms with Gasteiger partial charge in [0.15, 0.2) is 11.5 Å². The third-order valence-corrected chi connectivity index (χ3v) is 12.4. The van der Waals surface area contributed by atoms with Crippen LogP contribution in [-0.4, -0.2) is 10.2 Å². The summed E-state index contributed by atoms with van der Waals surface area (Å²) in [6.07, 6.45) is 16.8. The zero-order valence-electron chi connectivity index (χ0n) is 34.4. The van der Waals surface area contributed by atoms with Crippen molar-refractivity contribution in [2.75, 3.05) is 4.90 Å². The first kappa shape index (κ1) is 38.4. The summed E-state index contributed by atoms with van der Waals surface area (Å²) in [5.41, 5.74) is 8.84. The number of hydrogen-bond donors (Lipinski definition) is 2. The van der Waals surface area contributed by atoms with Gasteiger partial charge in [-0.15, -0.1) is 0 Å². The van der Waals surface area contributed by atoms with Crippen molar-refractivity contribution < 1.29 is 10.2 Å². The van der Waals surface area contributed by atoms with E-state index in [1.54, 1.807) is 0 Å². The van der Waals surface area contributed by atoms with Gasteiger partial charge in [-0.3, -0.25) is 0 Å². The largest absolute Gasteiger partial charge is 0.504 e. The Hall–Kier alpha value is -7.10. The third-order valence-electron chi connectivity index (χ3n) is 12.4. The number of phenols is 2. The van der Waals surface area contributed by atoms with E-state index in [-0.39, 0.29) is 11.5 Å². The molecule has 0 aliphatic heterocycles. The van der Waals surface area contributed by atoms with Gasteiger partial charge in [0, 0.05) is 22.1 Å². The van der Waals surface area contributed by atoms with Crippen LogP contribution in [-0.2, 0) is 11.8 Å². The van der Waals surface area contributed by atoms with Crippen molar-refractivity contribution in [1.82, 2.24) is 0 Å². The lowest BCUT2D eigenvalue weighted by molar-refractivity contribution is 0.398. The summed E-state index contributed by atoms with van der Waals surface area (Å²) in [4.78, 5) is 2.18. The molecule has 9 rings (SSSR count). The number of allylic oxidation sites excluding steroid dienone is 8. The first-order valence-electron chi connectivity index (χ1n) is 21.0. The summed E-state index contributed by atoms with van der Waals surface area (Å²) in [5, 5.41) is 32.2. The standard InChI is InChI=1S/C57H49NO2/c1-4-6-26-43(5-2)57(44-27-10-9-11-28-44)36-19-8-7-12-34-50-53(57)39(3)54(56(60)55(50)59)58(52-35-21-24-40-22-13-16-31-47(40)52)45-29-20-25-41(37-45)51-38-42-23-14-15-30-46(42)48-32-17-18-33-49(48)51/h4,6-33,35,37-38,59-60H,5,34,36H2,1-3H3/b6-4-,12-7-,19-8-,43-26+. The Balaban J connectivity index is 1.39. The molecule has 1 aliphatic rings. The Bertz CT molecular complexity index is 3020. The maximum Gasteiger partial charge on any atom is 0.182 e. The molecule has 1 aliphatic carbocycles. The van der Waals surface area contributed by atoms with E-state index in [0.29, 0.717) is 18.5 Å². The van der Waals surface area contributed by atoms with Crippen molar-refractivity contribution in [2.24, 2.45) is 0 Å². The van der Waals surface area contributed by atoms with Crippen LogP contribution in [0.2, 0.25) is 0 Å². The second-order valence-electron chi connectivity index (χ2n) is 15.7. The maximum absolute atomic E-state index is 12.7. The molecule has 60 heavy (non-hydrogen) atoms. The molecule has 1 atom stereocenters. The summed E-state index contributed by atoms with van der Waals surface area (Å²) in [5.74, 6) is -0.236. The highest BCUT2D eigenvalue weighted by molar-refractivity contribution is 6.14. The highest BCUT2D eigenvalue weighted by Gasteiger charge is 2.42. The van der Waals surface area contributed by atoms with Crippen LogP contribution in [0.25, 0.3) is 43.4 Å². The molecular formula is C57H49NO2. The van der Waals surface area contributed by atoms with Gasteiger partial charge in [0.25, 0.3) is 0 Å². The predicted octanol–water partition coefficient (Wildman–Crippen LogP) is 15.3. The van der Waals surface area contributed by atoms with Gasteiger partial charge in [0.2, 0.25) is 0 Å². The van der Waals surface area contributed by atoms with Crippen LogP contribution >= 0.6 is 0 Å². The van der Waals surface area contributed by atoms with Crippen molar-refractivity contribution in [2.45, 2.75) is 45.4 Å². The van der Waals surface area contributed by atoms with E-state index >= 15 is 0 Å². The van der Waals surface area contributed by atoms with Gasteiger partial charge < -0.3 is 15.1 Å². The topological polar surface area (TPSA) is 43.7 Å². The first-order chi connectivity index (χ1) is 29.5. The average molecular weight is 780 g/mol. The SMILES string of the molecule is C/C=C\C=C(/CC)C1(c2ccccc2)C/C=C\C=C/Cc2c(O)c(O)c(N(c3cccc(-c4cc5ccccc5c5ccccc45)c3)c3cccc4ccccc34)c(C)c21. The summed E-state index contributed by atoms with van der Waals surface area (Å²) in [6, 6.07) is 53.5. The van der Waals surface area contributed by atoms with E-state index in [0.717, 1.165) is 61.9 Å². The van der Waals surface area contributed by atoms with Crippen LogP contribution < -0.4 is 4.90 Å². The number of benzene rings is 8. The summed E-state index contributed by atoms with van der Waals surface area (Å²) in [7, 11) is 0. The Morgan fingerprint density at radius 3 is 2.12 bits per heavy atom. The third kappa shape index (κ3) is 6.48. The molecule has 0 saturated heterocycles. The summed E-state index contributed by atoms with van der Waals surface area (Å²) >= 11 is 0. The number of fused-ring (bicyclic) bond motifs is 5. The van der Waals surface area contributed by atoms with Gasteiger partial charge in [-0.1, -0.05) is 182 Å². The van der Waals surface area contributed by atoms with Crippen molar-refractivity contribution in [3.8, 4) is 22.6 Å². The first-order valence-corrected chi connectivity index (χ1v) is 21.0. The monoisotopic (exact) mass is 779 g/mol. The van der Waals surface area contributed by atoms with Gasteiger partial charge >= 0.3 is 0 Å². The second-order valence-corrected chi connectivity index (χ2v) is 15.7. The molecule has 2 N–H and O–H groups in total. The number of aromatic hydroxyl groups is 2. The van der Waals surface area contributed by atoms with Crippen molar-refractivity contribution in [3.05, 3.63) is 222 Å². The fraction of sp³-hybridized carbons (Fsp3) is 0.123. The summed E-state index contributed by atoms with van der Waals surface area (Å²) in [6.45, 7) is 6.40. The molecule has 0 radical (unpaired) electrons. The number of phenolic OH excluding ortho intramolecular Hbond substituents is 2. The minimum absolute atomic E-state index is 0.0964. The second kappa shape index (κ2) is 16.3. The molecule has 8 aromatic carbocycles. The number of rotatable bonds is 8. The van der Waals surface area contributed by atoms with Crippen molar-refractivity contribution in [3.63, 3.8) is 0 Å². The fourth-order valence-electron chi connectivity index (χ4n) is 9.77. The number of nitrogens with zero attached hydrogens (tertiary/aromatic N) is 1. The van der Waals surface area contributed by atoms with E-state index in [1.165, 1.54) is 27.1 Å². The van der Waals surface area contributed by atoms with E-state index < -0.39 is 5.41 Å². The molecule has 0 heterocycles. The Labute approximate surface area is 353 Å². The molecule has 0 amide bonds. The average Bonchev–Trinajstić information content (AvgIpc) is 3.40. The van der Waals surface area contributed by atoms with E-state index in [9.17, 15) is 10.2 Å². The summed E-state index contributed by atoms with van der Waals surface area (Å²) < 4.78 is 0.